The molecule has 1 aromatic carbocycles. The molecule has 10 nitrogen and oxygen atoms in total. The highest BCUT2D eigenvalue weighted by Gasteiger charge is 2.32. The Kier molecular flexibility index (Phi) is 5.53. The second-order valence-corrected chi connectivity index (χ2v) is 7.25. The van der Waals surface area contributed by atoms with Gasteiger partial charge in [-0.3, -0.25) is 19.2 Å². The van der Waals surface area contributed by atoms with E-state index >= 15 is 0 Å². The standard InChI is InChI=1S/C20H24N6O4/c1-2-8-25-16-17(22-19(21)23-18(16)28)26(20(25)29)15-11-24(10-14(12-27)30-15)9-13-6-4-3-5-7-13/h2-7,14-15,27H,1,8-12H2,(H3,21,22,23,28)/t14-,15+/m0/s1. The van der Waals surface area contributed by atoms with E-state index < -0.39 is 23.6 Å². The number of ether oxygens (including phenoxy) is 1. The fourth-order valence-electron chi connectivity index (χ4n) is 3.86. The molecule has 0 bridgehead atoms. The largest absolute Gasteiger partial charge is 0.394 e. The molecule has 4 N–H and O–H groups in total. The summed E-state index contributed by atoms with van der Waals surface area (Å²) in [6, 6.07) is 9.90. The number of allylic oxidation sites excluding steroid dienone is 1. The number of H-pyrrole nitrogens is 1. The topological polar surface area (TPSA) is 131 Å². The molecule has 0 saturated carbocycles. The van der Waals surface area contributed by atoms with E-state index in [1.807, 2.05) is 30.3 Å². The Bertz CT molecular complexity index is 1170. The summed E-state index contributed by atoms with van der Waals surface area (Å²) in [6.45, 7) is 5.13. The maximum Gasteiger partial charge on any atom is 0.332 e. The van der Waals surface area contributed by atoms with E-state index in [1.165, 1.54) is 15.2 Å². The molecule has 0 unspecified atom stereocenters. The summed E-state index contributed by atoms with van der Waals surface area (Å²) < 4.78 is 8.62. The molecule has 4 rings (SSSR count). The van der Waals surface area contributed by atoms with Crippen LogP contribution in [-0.2, 0) is 17.8 Å². The zero-order chi connectivity index (χ0) is 21.3. The molecule has 0 spiro atoms. The second kappa shape index (κ2) is 8.27. The molecule has 1 saturated heterocycles. The van der Waals surface area contributed by atoms with E-state index in [9.17, 15) is 14.7 Å². The van der Waals surface area contributed by atoms with Crippen molar-refractivity contribution < 1.29 is 9.84 Å². The number of imidazole rings is 1. The molecule has 2 aromatic heterocycles. The van der Waals surface area contributed by atoms with E-state index in [0.29, 0.717) is 19.6 Å². The van der Waals surface area contributed by atoms with Crippen molar-refractivity contribution in [2.45, 2.75) is 25.4 Å². The minimum Gasteiger partial charge on any atom is -0.394 e. The minimum absolute atomic E-state index is 0.0901. The van der Waals surface area contributed by atoms with Crippen molar-refractivity contribution >= 4 is 17.1 Å². The molecule has 30 heavy (non-hydrogen) atoms. The van der Waals surface area contributed by atoms with Gasteiger partial charge in [-0.15, -0.1) is 6.58 Å². The quantitative estimate of drug-likeness (QED) is 0.487. The third kappa shape index (κ3) is 3.67. The van der Waals surface area contributed by atoms with Crippen LogP contribution in [0.3, 0.4) is 0 Å². The summed E-state index contributed by atoms with van der Waals surface area (Å²) in [6.07, 6.45) is 0.298. The predicted octanol–water partition coefficient (Wildman–Crippen LogP) is 0.0464. The van der Waals surface area contributed by atoms with E-state index in [0.717, 1.165) is 5.56 Å². The van der Waals surface area contributed by atoms with Crippen LogP contribution in [0.25, 0.3) is 11.2 Å². The molecule has 1 fully saturated rings. The minimum atomic E-state index is -0.741. The number of nitrogens with zero attached hydrogens (tertiary/aromatic N) is 4. The van der Waals surface area contributed by atoms with Gasteiger partial charge in [-0.2, -0.15) is 4.98 Å². The zero-order valence-corrected chi connectivity index (χ0v) is 16.4. The number of aliphatic hydroxyl groups excluding tert-OH is 1. The number of nitrogens with two attached hydrogens (primary N) is 1. The van der Waals surface area contributed by atoms with E-state index in [2.05, 4.69) is 21.4 Å². The summed E-state index contributed by atoms with van der Waals surface area (Å²) in [5, 5.41) is 9.75. The highest BCUT2D eigenvalue weighted by molar-refractivity contribution is 5.71. The van der Waals surface area contributed by atoms with Crippen LogP contribution in [0.5, 0.6) is 0 Å². The smallest absolute Gasteiger partial charge is 0.332 e. The van der Waals surface area contributed by atoms with Gasteiger partial charge in [0.2, 0.25) is 5.95 Å². The number of hydrogen-bond donors (Lipinski definition) is 3. The molecule has 10 heteroatoms. The average molecular weight is 412 g/mol. The highest BCUT2D eigenvalue weighted by Crippen LogP contribution is 2.23. The van der Waals surface area contributed by atoms with Crippen molar-refractivity contribution in [1.29, 1.82) is 0 Å². The normalized spacial score (nSPS) is 19.9. The summed E-state index contributed by atoms with van der Waals surface area (Å²) in [4.78, 5) is 34.4. The van der Waals surface area contributed by atoms with Crippen LogP contribution in [0.2, 0.25) is 0 Å². The monoisotopic (exact) mass is 412 g/mol. The number of nitrogens with one attached hydrogen (secondary N) is 1. The Morgan fingerprint density at radius 2 is 2.07 bits per heavy atom. The van der Waals surface area contributed by atoms with Crippen LogP contribution < -0.4 is 17.0 Å². The van der Waals surface area contributed by atoms with E-state index in [-0.39, 0.29) is 30.3 Å². The average Bonchev–Trinajstić information content (AvgIpc) is 3.00. The number of morpholine rings is 1. The molecule has 3 heterocycles. The predicted molar refractivity (Wildman–Crippen MR) is 112 cm³/mol. The summed E-state index contributed by atoms with van der Waals surface area (Å²) in [5.74, 6) is -0.0901. The van der Waals surface area contributed by atoms with Gasteiger partial charge in [0.05, 0.1) is 12.7 Å². The lowest BCUT2D eigenvalue weighted by atomic mass is 10.2. The van der Waals surface area contributed by atoms with Crippen molar-refractivity contribution in [1.82, 2.24) is 24.0 Å². The van der Waals surface area contributed by atoms with Crippen molar-refractivity contribution in [2.75, 3.05) is 25.4 Å². The van der Waals surface area contributed by atoms with Gasteiger partial charge in [0.15, 0.2) is 17.4 Å². The first-order chi connectivity index (χ1) is 14.5. The Morgan fingerprint density at radius 3 is 2.77 bits per heavy atom. The lowest BCUT2D eigenvalue weighted by Gasteiger charge is -2.37. The molecular formula is C20H24N6O4. The summed E-state index contributed by atoms with van der Waals surface area (Å²) in [7, 11) is 0. The fraction of sp³-hybridized carbons (Fsp3) is 0.350. The summed E-state index contributed by atoms with van der Waals surface area (Å²) >= 11 is 0. The molecule has 1 aliphatic heterocycles. The molecule has 1 aliphatic rings. The number of aromatic nitrogens is 4. The van der Waals surface area contributed by atoms with Gasteiger partial charge >= 0.3 is 5.69 Å². The number of nitrogen functional groups attached to an aromatic ring is 1. The van der Waals surface area contributed by atoms with Crippen LogP contribution >= 0.6 is 0 Å². The number of fused-ring (bicyclic) bond motifs is 1. The van der Waals surface area contributed by atoms with Gasteiger partial charge in [-0.25, -0.2) is 9.36 Å². The van der Waals surface area contributed by atoms with Gasteiger partial charge in [-0.05, 0) is 5.56 Å². The Morgan fingerprint density at radius 1 is 1.30 bits per heavy atom. The van der Waals surface area contributed by atoms with Crippen molar-refractivity contribution in [3.63, 3.8) is 0 Å². The van der Waals surface area contributed by atoms with Crippen LogP contribution in [-0.4, -0.2) is 54.9 Å². The molecule has 3 aromatic rings. The van der Waals surface area contributed by atoms with Crippen LogP contribution in [0.4, 0.5) is 5.95 Å². The number of hydrogen-bond acceptors (Lipinski definition) is 7. The van der Waals surface area contributed by atoms with Crippen molar-refractivity contribution in [3.05, 3.63) is 69.4 Å². The Balaban J connectivity index is 1.78. The third-order valence-electron chi connectivity index (χ3n) is 5.11. The van der Waals surface area contributed by atoms with Gasteiger partial charge in [0, 0.05) is 26.2 Å². The number of aliphatic hydroxyl groups is 1. The van der Waals surface area contributed by atoms with Crippen molar-refractivity contribution in [2.24, 2.45) is 0 Å². The molecular weight excluding hydrogens is 388 g/mol. The first-order valence-corrected chi connectivity index (χ1v) is 9.65. The van der Waals surface area contributed by atoms with Crippen molar-refractivity contribution in [3.8, 4) is 0 Å². The maximum atomic E-state index is 13.2. The van der Waals surface area contributed by atoms with Crippen LogP contribution in [0, 0.1) is 0 Å². The maximum absolute atomic E-state index is 13.2. The number of aromatic amines is 1. The van der Waals surface area contributed by atoms with Gasteiger partial charge < -0.3 is 15.6 Å². The molecule has 0 radical (unpaired) electrons. The summed E-state index contributed by atoms with van der Waals surface area (Å²) in [5.41, 5.74) is 6.14. The molecule has 2 atom stereocenters. The Labute approximate surface area is 171 Å². The lowest BCUT2D eigenvalue weighted by Crippen LogP contribution is -2.48. The number of rotatable bonds is 6. The molecule has 0 aliphatic carbocycles. The molecule has 0 amide bonds. The van der Waals surface area contributed by atoms with Gasteiger partial charge in [0.25, 0.3) is 5.56 Å². The third-order valence-corrected chi connectivity index (χ3v) is 5.11. The second-order valence-electron chi connectivity index (χ2n) is 7.25. The van der Waals surface area contributed by atoms with Gasteiger partial charge in [0.1, 0.15) is 0 Å². The van der Waals surface area contributed by atoms with E-state index in [4.69, 9.17) is 10.5 Å². The zero-order valence-electron chi connectivity index (χ0n) is 16.4. The van der Waals surface area contributed by atoms with E-state index in [1.54, 1.807) is 0 Å². The van der Waals surface area contributed by atoms with Crippen LogP contribution in [0.1, 0.15) is 11.8 Å². The lowest BCUT2D eigenvalue weighted by molar-refractivity contribution is -0.136. The fourth-order valence-corrected chi connectivity index (χ4v) is 3.86. The number of benzene rings is 1. The highest BCUT2D eigenvalue weighted by atomic mass is 16.5. The Hall–Kier alpha value is -3.21. The molecule has 158 valence electrons. The SMILES string of the molecule is C=CCn1c(=O)n([C@H]2CN(Cc3ccccc3)C[C@@H](CO)O2)c2nc(N)[nH]c(=O)c21. The van der Waals surface area contributed by atoms with Crippen LogP contribution in [0.15, 0.2) is 52.6 Å². The number of anilines is 1. The first-order valence-electron chi connectivity index (χ1n) is 9.65. The first kappa shape index (κ1) is 20.1. The van der Waals surface area contributed by atoms with Gasteiger partial charge in [-0.1, -0.05) is 36.4 Å².